The van der Waals surface area contributed by atoms with Gasteiger partial charge in [0.15, 0.2) is 0 Å². The van der Waals surface area contributed by atoms with Crippen LogP contribution in [0.3, 0.4) is 0 Å². The monoisotopic (exact) mass is 415 g/mol. The molecule has 0 saturated carbocycles. The Kier molecular flexibility index (Phi) is 5.10. The van der Waals surface area contributed by atoms with Crippen LogP contribution in [-0.2, 0) is 0 Å². The molecular formula is C21H13F4N3S. The highest BCUT2D eigenvalue weighted by Crippen LogP contribution is 2.38. The maximum absolute atomic E-state index is 13.3. The molecule has 29 heavy (non-hydrogen) atoms. The summed E-state index contributed by atoms with van der Waals surface area (Å²) in [5.41, 5.74) is -0.827. The molecule has 0 amide bonds. The molecule has 0 saturated heterocycles. The Morgan fingerprint density at radius 1 is 0.759 bits per heavy atom. The van der Waals surface area contributed by atoms with Crippen molar-refractivity contribution in [2.45, 2.75) is 10.4 Å². The first-order valence-corrected chi connectivity index (χ1v) is 9.33. The molecule has 4 aromatic rings. The molecule has 0 aliphatic rings. The van der Waals surface area contributed by atoms with Crippen LogP contribution in [0.15, 0.2) is 78.0 Å². The second-order valence-electron chi connectivity index (χ2n) is 6.12. The van der Waals surface area contributed by atoms with Crippen LogP contribution in [0, 0.1) is 5.82 Å². The van der Waals surface area contributed by atoms with E-state index in [0.29, 0.717) is 28.3 Å². The minimum absolute atomic E-state index is 0.0981. The van der Waals surface area contributed by atoms with Crippen LogP contribution < -0.4 is 0 Å². The molecule has 0 bridgehead atoms. The predicted octanol–water partition coefficient (Wildman–Crippen LogP) is 6.56. The van der Waals surface area contributed by atoms with Gasteiger partial charge in [-0.1, -0.05) is 12.1 Å². The van der Waals surface area contributed by atoms with Gasteiger partial charge in [-0.05, 0) is 60.3 Å². The first-order valence-electron chi connectivity index (χ1n) is 8.51. The third-order valence-electron chi connectivity index (χ3n) is 4.15. The third-order valence-corrected chi connectivity index (χ3v) is 4.89. The quantitative estimate of drug-likeness (QED) is 0.303. The van der Waals surface area contributed by atoms with Crippen LogP contribution in [0.25, 0.3) is 33.9 Å². The molecule has 4 rings (SSSR count). The standard InChI is InChI=1S/C21H13F4N3S/c22-16-5-1-13(2-6-16)18-19(14-9-11-26-12-10-14)28-20(27-18)15-3-7-17(8-4-15)29-21(23,24)25/h1-12H,(H,27,28). The van der Waals surface area contributed by atoms with Gasteiger partial charge in [-0.25, -0.2) is 9.37 Å². The average molecular weight is 415 g/mol. The normalized spacial score (nSPS) is 11.6. The number of halogens is 4. The molecule has 0 aliphatic heterocycles. The van der Waals surface area contributed by atoms with Crippen molar-refractivity contribution in [3.05, 3.63) is 78.9 Å². The smallest absolute Gasteiger partial charge is 0.337 e. The summed E-state index contributed by atoms with van der Waals surface area (Å²) in [5, 5.41) is 0. The van der Waals surface area contributed by atoms with E-state index in [0.717, 1.165) is 5.56 Å². The second kappa shape index (κ2) is 7.71. The number of nitrogens with one attached hydrogen (secondary N) is 1. The largest absolute Gasteiger partial charge is 0.446 e. The van der Waals surface area contributed by atoms with Crippen LogP contribution in [0.5, 0.6) is 0 Å². The number of thioether (sulfide) groups is 1. The summed E-state index contributed by atoms with van der Waals surface area (Å²) >= 11 is -0.165. The number of pyridine rings is 1. The lowest BCUT2D eigenvalue weighted by Gasteiger charge is -2.05. The Hall–Kier alpha value is -3.13. The summed E-state index contributed by atoms with van der Waals surface area (Å²) in [5.74, 6) is 0.146. The fourth-order valence-electron chi connectivity index (χ4n) is 2.87. The molecule has 8 heteroatoms. The van der Waals surface area contributed by atoms with Crippen LogP contribution in [0.4, 0.5) is 17.6 Å². The highest BCUT2D eigenvalue weighted by atomic mass is 32.2. The Bertz CT molecular complexity index is 1110. The molecule has 0 fully saturated rings. The van der Waals surface area contributed by atoms with E-state index in [2.05, 4.69) is 15.0 Å². The van der Waals surface area contributed by atoms with Crippen molar-refractivity contribution >= 4 is 11.8 Å². The predicted molar refractivity (Wildman–Crippen MR) is 105 cm³/mol. The van der Waals surface area contributed by atoms with Gasteiger partial charge in [0.25, 0.3) is 0 Å². The van der Waals surface area contributed by atoms with Gasteiger partial charge in [-0.3, -0.25) is 4.98 Å². The molecule has 3 nitrogen and oxygen atoms in total. The molecule has 0 unspecified atom stereocenters. The lowest BCUT2D eigenvalue weighted by atomic mass is 10.1. The van der Waals surface area contributed by atoms with Crippen molar-refractivity contribution in [3.63, 3.8) is 0 Å². The summed E-state index contributed by atoms with van der Waals surface area (Å²) < 4.78 is 50.9. The highest BCUT2D eigenvalue weighted by molar-refractivity contribution is 8.00. The third kappa shape index (κ3) is 4.48. The first-order chi connectivity index (χ1) is 13.9. The Balaban J connectivity index is 1.76. The molecule has 2 aromatic carbocycles. The van der Waals surface area contributed by atoms with E-state index in [1.54, 1.807) is 36.7 Å². The van der Waals surface area contributed by atoms with E-state index in [1.807, 2.05) is 12.1 Å². The van der Waals surface area contributed by atoms with Gasteiger partial charge in [-0.2, -0.15) is 13.2 Å². The van der Waals surface area contributed by atoms with Crippen LogP contribution in [0.2, 0.25) is 0 Å². The summed E-state index contributed by atoms with van der Waals surface area (Å²) in [7, 11) is 0. The van der Waals surface area contributed by atoms with Crippen LogP contribution in [0.1, 0.15) is 0 Å². The second-order valence-corrected chi connectivity index (χ2v) is 7.26. The topological polar surface area (TPSA) is 41.6 Å². The SMILES string of the molecule is Fc1ccc(-c2nc(-c3ccc(SC(F)(F)F)cc3)[nH]c2-c2ccncc2)cc1. The molecule has 0 radical (unpaired) electrons. The minimum atomic E-state index is -4.34. The molecule has 146 valence electrons. The number of aromatic nitrogens is 3. The Morgan fingerprint density at radius 2 is 1.38 bits per heavy atom. The van der Waals surface area contributed by atoms with Crippen LogP contribution in [-0.4, -0.2) is 20.5 Å². The fourth-order valence-corrected chi connectivity index (χ4v) is 3.41. The zero-order valence-electron chi connectivity index (χ0n) is 14.7. The Labute approximate surface area is 167 Å². The number of rotatable bonds is 4. The lowest BCUT2D eigenvalue weighted by Crippen LogP contribution is -1.98. The summed E-state index contributed by atoms with van der Waals surface area (Å²) in [6, 6.07) is 15.5. The number of nitrogens with zero attached hydrogens (tertiary/aromatic N) is 2. The van der Waals surface area contributed by atoms with E-state index >= 15 is 0 Å². The number of H-pyrrole nitrogens is 1. The minimum Gasteiger partial charge on any atom is -0.337 e. The van der Waals surface area contributed by atoms with Gasteiger partial charge in [0.05, 0.1) is 11.4 Å². The van der Waals surface area contributed by atoms with Crippen molar-refractivity contribution < 1.29 is 17.6 Å². The molecule has 1 N–H and O–H groups in total. The van der Waals surface area contributed by atoms with Crippen LogP contribution >= 0.6 is 11.8 Å². The van der Waals surface area contributed by atoms with Gasteiger partial charge < -0.3 is 4.98 Å². The maximum atomic E-state index is 13.3. The zero-order valence-corrected chi connectivity index (χ0v) is 15.6. The highest BCUT2D eigenvalue weighted by Gasteiger charge is 2.29. The van der Waals surface area contributed by atoms with Crippen molar-refractivity contribution in [2.75, 3.05) is 0 Å². The van der Waals surface area contributed by atoms with Crippen molar-refractivity contribution in [1.82, 2.24) is 15.0 Å². The van der Waals surface area contributed by atoms with Gasteiger partial charge in [0.2, 0.25) is 0 Å². The number of hydrogen-bond donors (Lipinski definition) is 1. The number of imidazole rings is 1. The number of aromatic amines is 1. The van der Waals surface area contributed by atoms with Gasteiger partial charge >= 0.3 is 5.51 Å². The number of alkyl halides is 3. The zero-order chi connectivity index (χ0) is 20.4. The average Bonchev–Trinajstić information content (AvgIpc) is 3.14. The van der Waals surface area contributed by atoms with E-state index in [-0.39, 0.29) is 22.5 Å². The molecule has 2 heterocycles. The molecule has 0 atom stereocenters. The Morgan fingerprint density at radius 3 is 2.00 bits per heavy atom. The van der Waals surface area contributed by atoms with Crippen molar-refractivity contribution in [2.24, 2.45) is 0 Å². The molecule has 2 aromatic heterocycles. The lowest BCUT2D eigenvalue weighted by molar-refractivity contribution is -0.0328. The molecule has 0 spiro atoms. The van der Waals surface area contributed by atoms with E-state index in [1.165, 1.54) is 24.3 Å². The van der Waals surface area contributed by atoms with Gasteiger partial charge in [-0.15, -0.1) is 0 Å². The van der Waals surface area contributed by atoms with Crippen molar-refractivity contribution in [3.8, 4) is 33.9 Å². The van der Waals surface area contributed by atoms with Gasteiger partial charge in [0.1, 0.15) is 11.6 Å². The fraction of sp³-hybridized carbons (Fsp3) is 0.0476. The number of hydrogen-bond acceptors (Lipinski definition) is 3. The first kappa shape index (κ1) is 19.2. The molecular weight excluding hydrogens is 402 g/mol. The molecule has 0 aliphatic carbocycles. The van der Waals surface area contributed by atoms with E-state index in [4.69, 9.17) is 0 Å². The van der Waals surface area contributed by atoms with E-state index < -0.39 is 5.51 Å². The van der Waals surface area contributed by atoms with E-state index in [9.17, 15) is 17.6 Å². The van der Waals surface area contributed by atoms with Gasteiger partial charge in [0, 0.05) is 34.0 Å². The summed E-state index contributed by atoms with van der Waals surface area (Å²) in [4.78, 5) is 12.0. The summed E-state index contributed by atoms with van der Waals surface area (Å²) in [6.07, 6.45) is 3.29. The van der Waals surface area contributed by atoms with Crippen molar-refractivity contribution in [1.29, 1.82) is 0 Å². The maximum Gasteiger partial charge on any atom is 0.446 e. The summed E-state index contributed by atoms with van der Waals surface area (Å²) in [6.45, 7) is 0. The number of benzene rings is 2.